The number of para-hydroxylation sites is 1. The lowest BCUT2D eigenvalue weighted by molar-refractivity contribution is -0.155. The average molecular weight is 431 g/mol. The van der Waals surface area contributed by atoms with Crippen LogP contribution in [-0.2, 0) is 29.1 Å². The van der Waals surface area contributed by atoms with Gasteiger partial charge in [-0.25, -0.2) is 4.79 Å². The number of carboxylic acids is 1. The lowest BCUT2D eigenvalue weighted by Gasteiger charge is -2.40. The number of aromatic carboxylic acids is 1. The van der Waals surface area contributed by atoms with Crippen LogP contribution >= 0.6 is 0 Å². The summed E-state index contributed by atoms with van der Waals surface area (Å²) in [7, 11) is 1.69. The summed E-state index contributed by atoms with van der Waals surface area (Å²) in [5, 5.41) is 10.4. The molecule has 0 aliphatic carbocycles. The predicted molar refractivity (Wildman–Crippen MR) is 119 cm³/mol. The standard InChI is InChI=1S/C25H25N3O4/c1-26-15-23(29)28-14-22-19(6-4-8-21(28)24(26)30)18-5-2-3-7-20(18)27(22)13-16-9-11-17(12-10-16)25(31)32/h2-3,5,7,9-12,21H,4,6,8,13-15H2,1H3,(H,31,32). The topological polar surface area (TPSA) is 82.8 Å². The molecule has 1 fully saturated rings. The van der Waals surface area contributed by atoms with Gasteiger partial charge in [0.05, 0.1) is 18.7 Å². The number of benzene rings is 2. The molecular weight excluding hydrogens is 406 g/mol. The molecule has 1 saturated heterocycles. The molecule has 1 N–H and O–H groups in total. The summed E-state index contributed by atoms with van der Waals surface area (Å²) in [6.07, 6.45) is 2.36. The summed E-state index contributed by atoms with van der Waals surface area (Å²) < 4.78 is 2.22. The fourth-order valence-corrected chi connectivity index (χ4v) is 5.05. The van der Waals surface area contributed by atoms with Crippen LogP contribution in [0.25, 0.3) is 10.9 Å². The van der Waals surface area contributed by atoms with Gasteiger partial charge in [-0.1, -0.05) is 30.3 Å². The maximum absolute atomic E-state index is 12.9. The second kappa shape index (κ2) is 7.82. The molecule has 0 bridgehead atoms. The number of carboxylic acid groups (broad SMARTS) is 1. The first-order valence-electron chi connectivity index (χ1n) is 10.9. The minimum atomic E-state index is -0.947. The van der Waals surface area contributed by atoms with Crippen LogP contribution in [0.1, 0.15) is 40.0 Å². The smallest absolute Gasteiger partial charge is 0.335 e. The van der Waals surface area contributed by atoms with E-state index in [0.29, 0.717) is 19.5 Å². The highest BCUT2D eigenvalue weighted by molar-refractivity contribution is 5.95. The van der Waals surface area contributed by atoms with Gasteiger partial charge in [0, 0.05) is 30.2 Å². The number of rotatable bonds is 3. The lowest BCUT2D eigenvalue weighted by Crippen LogP contribution is -2.58. The van der Waals surface area contributed by atoms with Crippen molar-refractivity contribution in [3.63, 3.8) is 0 Å². The summed E-state index contributed by atoms with van der Waals surface area (Å²) >= 11 is 0. The minimum Gasteiger partial charge on any atom is -0.478 e. The zero-order valence-electron chi connectivity index (χ0n) is 18.0. The Morgan fingerprint density at radius 1 is 1.06 bits per heavy atom. The van der Waals surface area contributed by atoms with Crippen molar-refractivity contribution in [1.29, 1.82) is 0 Å². The Morgan fingerprint density at radius 3 is 2.56 bits per heavy atom. The van der Waals surface area contributed by atoms with Crippen molar-refractivity contribution in [3.8, 4) is 0 Å². The molecule has 2 aliphatic rings. The van der Waals surface area contributed by atoms with E-state index in [1.807, 2.05) is 24.3 Å². The van der Waals surface area contributed by atoms with Crippen LogP contribution in [0, 0.1) is 0 Å². The molecule has 0 spiro atoms. The van der Waals surface area contributed by atoms with E-state index in [-0.39, 0.29) is 23.9 Å². The summed E-state index contributed by atoms with van der Waals surface area (Å²) in [6.45, 7) is 1.08. The van der Waals surface area contributed by atoms with Crippen molar-refractivity contribution < 1.29 is 19.5 Å². The molecular formula is C25H25N3O4. The third-order valence-corrected chi connectivity index (χ3v) is 6.69. The molecule has 2 amide bonds. The van der Waals surface area contributed by atoms with Crippen LogP contribution in [-0.4, -0.2) is 56.9 Å². The van der Waals surface area contributed by atoms with E-state index in [0.717, 1.165) is 29.6 Å². The van der Waals surface area contributed by atoms with E-state index in [1.165, 1.54) is 15.8 Å². The molecule has 7 heteroatoms. The van der Waals surface area contributed by atoms with E-state index < -0.39 is 12.0 Å². The molecule has 2 aromatic carbocycles. The van der Waals surface area contributed by atoms with Crippen LogP contribution < -0.4 is 0 Å². The molecule has 1 aromatic heterocycles. The van der Waals surface area contributed by atoms with Gasteiger partial charge < -0.3 is 19.5 Å². The first-order valence-corrected chi connectivity index (χ1v) is 10.9. The van der Waals surface area contributed by atoms with Crippen molar-refractivity contribution in [2.45, 2.75) is 38.4 Å². The predicted octanol–water partition coefficient (Wildman–Crippen LogP) is 2.89. The van der Waals surface area contributed by atoms with Crippen LogP contribution in [0.2, 0.25) is 0 Å². The van der Waals surface area contributed by atoms with Crippen molar-refractivity contribution in [2.24, 2.45) is 0 Å². The zero-order chi connectivity index (χ0) is 22.4. The van der Waals surface area contributed by atoms with Gasteiger partial charge in [0.25, 0.3) is 0 Å². The summed E-state index contributed by atoms with van der Waals surface area (Å²) in [4.78, 5) is 40.2. The number of nitrogens with zero attached hydrogens (tertiary/aromatic N) is 3. The zero-order valence-corrected chi connectivity index (χ0v) is 18.0. The Morgan fingerprint density at radius 2 is 1.81 bits per heavy atom. The van der Waals surface area contributed by atoms with Gasteiger partial charge >= 0.3 is 5.97 Å². The summed E-state index contributed by atoms with van der Waals surface area (Å²) in [6, 6.07) is 14.7. The second-order valence-electron chi connectivity index (χ2n) is 8.65. The Bertz CT molecular complexity index is 1230. The number of aromatic nitrogens is 1. The Labute approximate surface area is 185 Å². The molecule has 3 aromatic rings. The number of likely N-dealkylation sites (N-methyl/N-ethyl adjacent to an activating group) is 1. The average Bonchev–Trinajstić information content (AvgIpc) is 3.04. The first kappa shape index (κ1) is 20.3. The fourth-order valence-electron chi connectivity index (χ4n) is 5.05. The largest absolute Gasteiger partial charge is 0.478 e. The minimum absolute atomic E-state index is 0.0139. The van der Waals surface area contributed by atoms with Gasteiger partial charge in [0.15, 0.2) is 0 Å². The molecule has 1 atom stereocenters. The van der Waals surface area contributed by atoms with Crippen molar-refractivity contribution in [1.82, 2.24) is 14.4 Å². The fraction of sp³-hybridized carbons (Fsp3) is 0.320. The van der Waals surface area contributed by atoms with Gasteiger partial charge in [-0.2, -0.15) is 0 Å². The van der Waals surface area contributed by atoms with E-state index >= 15 is 0 Å². The first-order chi connectivity index (χ1) is 15.4. The Balaban J connectivity index is 1.59. The quantitative estimate of drug-likeness (QED) is 0.691. The number of hydrogen-bond donors (Lipinski definition) is 1. The Kier molecular flexibility index (Phi) is 4.96. The molecule has 3 heterocycles. The third kappa shape index (κ3) is 3.34. The highest BCUT2D eigenvalue weighted by Gasteiger charge is 2.39. The molecule has 1 unspecified atom stereocenters. The van der Waals surface area contributed by atoms with Crippen molar-refractivity contribution >= 4 is 28.7 Å². The monoisotopic (exact) mass is 431 g/mol. The maximum atomic E-state index is 12.9. The number of hydrogen-bond acceptors (Lipinski definition) is 3. The van der Waals surface area contributed by atoms with Crippen molar-refractivity contribution in [2.75, 3.05) is 13.6 Å². The van der Waals surface area contributed by atoms with Gasteiger partial charge in [0.2, 0.25) is 11.8 Å². The van der Waals surface area contributed by atoms with E-state index in [9.17, 15) is 19.5 Å². The molecule has 32 heavy (non-hydrogen) atoms. The highest BCUT2D eigenvalue weighted by atomic mass is 16.4. The summed E-state index contributed by atoms with van der Waals surface area (Å²) in [5.41, 5.74) is 4.62. The van der Waals surface area contributed by atoms with Crippen molar-refractivity contribution in [3.05, 3.63) is 70.9 Å². The molecule has 2 aliphatic heterocycles. The second-order valence-corrected chi connectivity index (χ2v) is 8.65. The summed E-state index contributed by atoms with van der Waals surface area (Å²) in [5.74, 6) is -0.954. The molecule has 0 radical (unpaired) electrons. The number of fused-ring (bicyclic) bond motifs is 4. The SMILES string of the molecule is CN1CC(=O)N2Cc3c(c4ccccc4n3Cc3ccc(C(=O)O)cc3)CCCC2C1=O. The van der Waals surface area contributed by atoms with Crippen LogP contribution in [0.5, 0.6) is 0 Å². The number of amides is 2. The van der Waals surface area contributed by atoms with E-state index in [2.05, 4.69) is 16.7 Å². The number of aryl methyl sites for hydroxylation is 1. The van der Waals surface area contributed by atoms with Crippen LogP contribution in [0.15, 0.2) is 48.5 Å². The normalized spacial score (nSPS) is 18.8. The van der Waals surface area contributed by atoms with E-state index in [4.69, 9.17) is 0 Å². The van der Waals surface area contributed by atoms with Gasteiger partial charge in [-0.05, 0) is 48.6 Å². The number of carbonyl (C=O) groups excluding carboxylic acids is 2. The number of carbonyl (C=O) groups is 3. The lowest BCUT2D eigenvalue weighted by atomic mass is 9.96. The Hall–Kier alpha value is -3.61. The molecule has 5 rings (SSSR count). The van der Waals surface area contributed by atoms with Crippen LogP contribution in [0.4, 0.5) is 0 Å². The molecule has 7 nitrogen and oxygen atoms in total. The third-order valence-electron chi connectivity index (χ3n) is 6.69. The van der Waals surface area contributed by atoms with E-state index in [1.54, 1.807) is 24.1 Å². The molecule has 164 valence electrons. The highest BCUT2D eigenvalue weighted by Crippen LogP contribution is 2.33. The maximum Gasteiger partial charge on any atom is 0.335 e. The van der Waals surface area contributed by atoms with Gasteiger partial charge in [0.1, 0.15) is 6.04 Å². The van der Waals surface area contributed by atoms with Crippen LogP contribution in [0.3, 0.4) is 0 Å². The molecule has 0 saturated carbocycles. The van der Waals surface area contributed by atoms with Gasteiger partial charge in [-0.3, -0.25) is 9.59 Å². The number of piperazine rings is 1. The van der Waals surface area contributed by atoms with Gasteiger partial charge in [-0.15, -0.1) is 0 Å².